The number of thioether (sulfide) groups is 1. The fourth-order valence-corrected chi connectivity index (χ4v) is 4.00. The lowest BCUT2D eigenvalue weighted by Crippen LogP contribution is -2.13. The zero-order valence-corrected chi connectivity index (χ0v) is 14.8. The first-order valence-corrected chi connectivity index (χ1v) is 9.04. The van der Waals surface area contributed by atoms with Gasteiger partial charge in [0.15, 0.2) is 11.5 Å². The van der Waals surface area contributed by atoms with Gasteiger partial charge >= 0.3 is 0 Å². The summed E-state index contributed by atoms with van der Waals surface area (Å²) in [6, 6.07) is 13.8. The number of aliphatic hydroxyl groups is 1. The van der Waals surface area contributed by atoms with Gasteiger partial charge in [-0.15, -0.1) is 18.3 Å². The van der Waals surface area contributed by atoms with Crippen LogP contribution in [0.3, 0.4) is 0 Å². The molecule has 0 radical (unpaired) electrons. The van der Waals surface area contributed by atoms with Crippen molar-refractivity contribution in [2.24, 2.45) is 5.92 Å². The minimum absolute atomic E-state index is 0.0723. The Balaban J connectivity index is 1.75. The first-order chi connectivity index (χ1) is 11.2. The summed E-state index contributed by atoms with van der Waals surface area (Å²) >= 11 is 5.21. The van der Waals surface area contributed by atoms with Gasteiger partial charge in [0.1, 0.15) is 0 Å². The highest BCUT2D eigenvalue weighted by Gasteiger charge is 2.24. The van der Waals surface area contributed by atoms with Gasteiger partial charge in [0, 0.05) is 21.0 Å². The lowest BCUT2D eigenvalue weighted by Gasteiger charge is -2.21. The van der Waals surface area contributed by atoms with E-state index in [1.807, 2.05) is 30.3 Å². The molecular formula is C18H17BrO3S. The number of aliphatic hydroxyl groups excluding tert-OH is 1. The summed E-state index contributed by atoms with van der Waals surface area (Å²) in [4.78, 5) is 1.18. The number of ether oxygens (including phenoxy) is 2. The van der Waals surface area contributed by atoms with Crippen molar-refractivity contribution >= 4 is 27.7 Å². The van der Waals surface area contributed by atoms with E-state index in [1.165, 1.54) is 4.90 Å². The van der Waals surface area contributed by atoms with Gasteiger partial charge in [0.2, 0.25) is 6.79 Å². The van der Waals surface area contributed by atoms with Gasteiger partial charge in [0.25, 0.3) is 0 Å². The fourth-order valence-electron chi connectivity index (χ4n) is 2.39. The average molecular weight is 393 g/mol. The summed E-state index contributed by atoms with van der Waals surface area (Å²) < 4.78 is 11.6. The summed E-state index contributed by atoms with van der Waals surface area (Å²) in [5.41, 5.74) is 0.785. The van der Waals surface area contributed by atoms with E-state index in [-0.39, 0.29) is 12.7 Å². The van der Waals surface area contributed by atoms with E-state index in [0.717, 1.165) is 15.8 Å². The second-order valence-corrected chi connectivity index (χ2v) is 7.14. The first-order valence-electron chi connectivity index (χ1n) is 7.26. The van der Waals surface area contributed by atoms with Crippen LogP contribution >= 0.6 is 27.7 Å². The van der Waals surface area contributed by atoms with Gasteiger partial charge in [-0.1, -0.05) is 40.2 Å². The van der Waals surface area contributed by atoms with Crippen molar-refractivity contribution in [2.75, 3.05) is 12.5 Å². The molecule has 23 heavy (non-hydrogen) atoms. The summed E-state index contributed by atoms with van der Waals surface area (Å²) in [5.74, 6) is 2.04. The number of benzene rings is 2. The Morgan fingerprint density at radius 3 is 2.61 bits per heavy atom. The van der Waals surface area contributed by atoms with Gasteiger partial charge in [-0.25, -0.2) is 0 Å². The predicted molar refractivity (Wildman–Crippen MR) is 96.1 cm³/mol. The van der Waals surface area contributed by atoms with Gasteiger partial charge in [0.05, 0.1) is 6.10 Å². The van der Waals surface area contributed by atoms with Gasteiger partial charge in [-0.05, 0) is 29.8 Å². The quantitative estimate of drug-likeness (QED) is 0.565. The van der Waals surface area contributed by atoms with Crippen LogP contribution in [0, 0.1) is 5.92 Å². The van der Waals surface area contributed by atoms with Crippen molar-refractivity contribution in [3.05, 3.63) is 65.2 Å². The lowest BCUT2D eigenvalue weighted by molar-refractivity contribution is 0.140. The summed E-state index contributed by atoms with van der Waals surface area (Å²) in [6.07, 6.45) is 1.14. The molecule has 2 aromatic rings. The third-order valence-electron chi connectivity index (χ3n) is 3.70. The maximum atomic E-state index is 10.8. The summed E-state index contributed by atoms with van der Waals surface area (Å²) in [5, 5.41) is 10.8. The Morgan fingerprint density at radius 1 is 1.22 bits per heavy atom. The predicted octanol–water partition coefficient (Wildman–Crippen LogP) is 4.81. The molecule has 0 spiro atoms. The molecule has 1 aliphatic rings. The van der Waals surface area contributed by atoms with Crippen LogP contribution in [0.5, 0.6) is 11.5 Å². The zero-order chi connectivity index (χ0) is 16.2. The summed E-state index contributed by atoms with van der Waals surface area (Å²) in [7, 11) is 0. The molecule has 1 aliphatic heterocycles. The minimum Gasteiger partial charge on any atom is -0.454 e. The number of fused-ring (bicyclic) bond motifs is 1. The topological polar surface area (TPSA) is 38.7 Å². The first kappa shape index (κ1) is 16.4. The van der Waals surface area contributed by atoms with Crippen LogP contribution in [0.4, 0.5) is 0 Å². The number of halogens is 1. The SMILES string of the molecule is C=C[C@@H](CSc1ccccc1)[C@@H](O)c1cc2c(cc1Br)OCO2. The van der Waals surface area contributed by atoms with Gasteiger partial charge in [-0.2, -0.15) is 0 Å². The normalized spacial score (nSPS) is 15.2. The second-order valence-electron chi connectivity index (χ2n) is 5.20. The molecule has 0 saturated heterocycles. The molecule has 3 rings (SSSR count). The number of hydrogen-bond donors (Lipinski definition) is 1. The third-order valence-corrected chi connectivity index (χ3v) is 5.55. The molecule has 0 aliphatic carbocycles. The molecule has 2 aromatic carbocycles. The van der Waals surface area contributed by atoms with Crippen molar-refractivity contribution in [2.45, 2.75) is 11.0 Å². The second kappa shape index (κ2) is 7.43. The van der Waals surface area contributed by atoms with E-state index < -0.39 is 6.10 Å². The Hall–Kier alpha value is -1.43. The Morgan fingerprint density at radius 2 is 1.91 bits per heavy atom. The standard InChI is InChI=1S/C18H17BrO3S/c1-2-12(10-23-13-6-4-3-5-7-13)18(20)14-8-16-17(9-15(14)19)22-11-21-16/h2-9,12,18,20H,1,10-11H2/t12-,18+/m0/s1. The monoisotopic (exact) mass is 392 g/mol. The Kier molecular flexibility index (Phi) is 5.30. The largest absolute Gasteiger partial charge is 0.454 e. The van der Waals surface area contributed by atoms with Crippen LogP contribution in [0.2, 0.25) is 0 Å². The molecule has 1 heterocycles. The van der Waals surface area contributed by atoms with Gasteiger partial charge in [-0.3, -0.25) is 0 Å². The highest BCUT2D eigenvalue weighted by molar-refractivity contribution is 9.10. The molecule has 5 heteroatoms. The highest BCUT2D eigenvalue weighted by Crippen LogP contribution is 2.41. The van der Waals surface area contributed by atoms with E-state index >= 15 is 0 Å². The van der Waals surface area contributed by atoms with Crippen molar-refractivity contribution in [3.63, 3.8) is 0 Å². The van der Waals surface area contributed by atoms with Crippen LogP contribution in [-0.2, 0) is 0 Å². The molecule has 0 amide bonds. The molecule has 0 unspecified atom stereocenters. The molecule has 0 aromatic heterocycles. The van der Waals surface area contributed by atoms with Gasteiger partial charge < -0.3 is 14.6 Å². The van der Waals surface area contributed by atoms with E-state index in [2.05, 4.69) is 34.6 Å². The van der Waals surface area contributed by atoms with Crippen molar-refractivity contribution in [3.8, 4) is 11.5 Å². The highest BCUT2D eigenvalue weighted by atomic mass is 79.9. The van der Waals surface area contributed by atoms with Crippen LogP contribution in [0.1, 0.15) is 11.7 Å². The van der Waals surface area contributed by atoms with E-state index in [4.69, 9.17) is 9.47 Å². The molecule has 2 atom stereocenters. The van der Waals surface area contributed by atoms with E-state index in [0.29, 0.717) is 11.5 Å². The molecule has 0 fully saturated rings. The maximum absolute atomic E-state index is 10.8. The molecule has 3 nitrogen and oxygen atoms in total. The Bertz CT molecular complexity index is 690. The van der Waals surface area contributed by atoms with E-state index in [1.54, 1.807) is 17.8 Å². The molecule has 0 saturated carbocycles. The minimum atomic E-state index is -0.660. The fraction of sp³-hybridized carbons (Fsp3) is 0.222. The van der Waals surface area contributed by atoms with E-state index in [9.17, 15) is 5.11 Å². The molecule has 0 bridgehead atoms. The maximum Gasteiger partial charge on any atom is 0.231 e. The average Bonchev–Trinajstić information content (AvgIpc) is 3.02. The smallest absolute Gasteiger partial charge is 0.231 e. The molecular weight excluding hydrogens is 376 g/mol. The van der Waals surface area contributed by atoms with Crippen molar-refractivity contribution in [1.82, 2.24) is 0 Å². The van der Waals surface area contributed by atoms with Crippen molar-refractivity contribution in [1.29, 1.82) is 0 Å². The van der Waals surface area contributed by atoms with Crippen LogP contribution < -0.4 is 9.47 Å². The molecule has 1 N–H and O–H groups in total. The lowest BCUT2D eigenvalue weighted by atomic mass is 9.97. The zero-order valence-electron chi connectivity index (χ0n) is 12.4. The number of rotatable bonds is 6. The van der Waals surface area contributed by atoms with Crippen LogP contribution in [0.15, 0.2) is 64.5 Å². The third kappa shape index (κ3) is 3.74. The van der Waals surface area contributed by atoms with Crippen LogP contribution in [-0.4, -0.2) is 17.7 Å². The van der Waals surface area contributed by atoms with Crippen LogP contribution in [0.25, 0.3) is 0 Å². The molecule has 120 valence electrons. The Labute approximate surface area is 148 Å². The number of hydrogen-bond acceptors (Lipinski definition) is 4. The summed E-state index contributed by atoms with van der Waals surface area (Å²) in [6.45, 7) is 4.10. The van der Waals surface area contributed by atoms with Crippen molar-refractivity contribution < 1.29 is 14.6 Å².